The fourth-order valence-corrected chi connectivity index (χ4v) is 0.958. The molecule has 0 aliphatic carbocycles. The van der Waals surface area contributed by atoms with Crippen LogP contribution in [0.3, 0.4) is 0 Å². The lowest BCUT2D eigenvalue weighted by Crippen LogP contribution is -2.00. The van der Waals surface area contributed by atoms with Crippen LogP contribution < -0.4 is 5.43 Å². The van der Waals surface area contributed by atoms with Crippen molar-refractivity contribution in [3.63, 3.8) is 0 Å². The standard InChI is InChI=1S/C12H13N3/c1-3-5-12(15-13-2)8-7-11-6-4-9-14-10-11/h3-6,9-10,13H,1-2H3/b5-3+,15-12+. The van der Waals surface area contributed by atoms with Crippen molar-refractivity contribution in [3.8, 4) is 11.8 Å². The molecule has 0 aliphatic rings. The molecule has 1 heterocycles. The van der Waals surface area contributed by atoms with Gasteiger partial charge in [0.05, 0.1) is 0 Å². The van der Waals surface area contributed by atoms with E-state index in [1.807, 2.05) is 31.2 Å². The Morgan fingerprint density at radius 1 is 1.60 bits per heavy atom. The fraction of sp³-hybridized carbons (Fsp3) is 0.167. The molecule has 1 rings (SSSR count). The molecule has 0 bridgehead atoms. The van der Waals surface area contributed by atoms with E-state index >= 15 is 0 Å². The average Bonchev–Trinajstić information content (AvgIpc) is 2.28. The van der Waals surface area contributed by atoms with Crippen molar-refractivity contribution in [2.24, 2.45) is 5.10 Å². The summed E-state index contributed by atoms with van der Waals surface area (Å²) in [6.45, 7) is 1.93. The van der Waals surface area contributed by atoms with Crippen molar-refractivity contribution in [2.45, 2.75) is 6.92 Å². The summed E-state index contributed by atoms with van der Waals surface area (Å²) in [6.07, 6.45) is 7.19. The number of nitrogens with one attached hydrogen (secondary N) is 1. The molecule has 3 nitrogen and oxygen atoms in total. The molecule has 15 heavy (non-hydrogen) atoms. The third-order valence-corrected chi connectivity index (χ3v) is 1.55. The Labute approximate surface area is 89.9 Å². The average molecular weight is 199 g/mol. The van der Waals surface area contributed by atoms with Crippen molar-refractivity contribution >= 4 is 5.71 Å². The minimum Gasteiger partial charge on any atom is -0.312 e. The number of hydrogen-bond acceptors (Lipinski definition) is 3. The highest BCUT2D eigenvalue weighted by Gasteiger charge is 1.86. The summed E-state index contributed by atoms with van der Waals surface area (Å²) < 4.78 is 0. The molecular formula is C12H13N3. The van der Waals surface area contributed by atoms with Gasteiger partial charge >= 0.3 is 0 Å². The molecule has 0 atom stereocenters. The summed E-state index contributed by atoms with van der Waals surface area (Å²) >= 11 is 0. The largest absolute Gasteiger partial charge is 0.312 e. The van der Waals surface area contributed by atoms with E-state index in [9.17, 15) is 0 Å². The van der Waals surface area contributed by atoms with Gasteiger partial charge in [-0.2, -0.15) is 5.10 Å². The Balaban J connectivity index is 2.84. The Hall–Kier alpha value is -2.08. The molecule has 0 radical (unpaired) electrons. The van der Waals surface area contributed by atoms with Crippen LogP contribution in [-0.2, 0) is 0 Å². The van der Waals surface area contributed by atoms with Crippen molar-refractivity contribution < 1.29 is 0 Å². The van der Waals surface area contributed by atoms with Gasteiger partial charge in [-0.1, -0.05) is 12.0 Å². The number of hydrazone groups is 1. The number of hydrogen-bond donors (Lipinski definition) is 1. The highest BCUT2D eigenvalue weighted by atomic mass is 15.3. The van der Waals surface area contributed by atoms with Gasteiger partial charge < -0.3 is 5.43 Å². The maximum Gasteiger partial charge on any atom is 0.133 e. The van der Waals surface area contributed by atoms with Crippen LogP contribution in [0.1, 0.15) is 12.5 Å². The van der Waals surface area contributed by atoms with Crippen LogP contribution in [0, 0.1) is 11.8 Å². The SMILES string of the molecule is C/C=C/C(C#Cc1cccnc1)=N\NC. The van der Waals surface area contributed by atoms with Crippen molar-refractivity contribution in [3.05, 3.63) is 42.2 Å². The van der Waals surface area contributed by atoms with Gasteiger partial charge in [0, 0.05) is 25.0 Å². The summed E-state index contributed by atoms with van der Waals surface area (Å²) in [4.78, 5) is 3.98. The maximum absolute atomic E-state index is 4.01. The topological polar surface area (TPSA) is 37.3 Å². The van der Waals surface area contributed by atoms with Crippen LogP contribution in [0.25, 0.3) is 0 Å². The summed E-state index contributed by atoms with van der Waals surface area (Å²) in [5.74, 6) is 5.93. The molecule has 0 unspecified atom stereocenters. The Kier molecular flexibility index (Phi) is 4.68. The van der Waals surface area contributed by atoms with Crippen LogP contribution in [0.2, 0.25) is 0 Å². The first-order valence-electron chi connectivity index (χ1n) is 4.66. The van der Waals surface area contributed by atoms with Gasteiger partial charge in [-0.15, -0.1) is 0 Å². The zero-order valence-electron chi connectivity index (χ0n) is 8.86. The second-order valence-electron chi connectivity index (χ2n) is 2.71. The first-order valence-corrected chi connectivity index (χ1v) is 4.66. The van der Waals surface area contributed by atoms with E-state index in [4.69, 9.17) is 0 Å². The molecular weight excluding hydrogens is 186 g/mol. The van der Waals surface area contributed by atoms with E-state index in [-0.39, 0.29) is 0 Å². The lowest BCUT2D eigenvalue weighted by molar-refractivity contribution is 0.905. The number of pyridine rings is 1. The van der Waals surface area contributed by atoms with Crippen LogP contribution >= 0.6 is 0 Å². The zero-order valence-corrected chi connectivity index (χ0v) is 8.86. The highest BCUT2D eigenvalue weighted by Crippen LogP contribution is 1.91. The van der Waals surface area contributed by atoms with Gasteiger partial charge in [-0.25, -0.2) is 0 Å². The van der Waals surface area contributed by atoms with Gasteiger partial charge in [0.25, 0.3) is 0 Å². The monoisotopic (exact) mass is 199 g/mol. The third kappa shape index (κ3) is 4.10. The molecule has 0 amide bonds. The number of aromatic nitrogens is 1. The molecule has 0 saturated carbocycles. The van der Waals surface area contributed by atoms with Gasteiger partial charge in [0.2, 0.25) is 0 Å². The molecule has 0 saturated heterocycles. The quantitative estimate of drug-likeness (QED) is 0.446. The normalized spacial score (nSPS) is 10.9. The van der Waals surface area contributed by atoms with E-state index < -0.39 is 0 Å². The lowest BCUT2D eigenvalue weighted by atomic mass is 10.2. The van der Waals surface area contributed by atoms with Crippen molar-refractivity contribution in [2.75, 3.05) is 7.05 Å². The highest BCUT2D eigenvalue weighted by molar-refractivity contribution is 6.08. The first kappa shape index (κ1) is 11.0. The van der Waals surface area contributed by atoms with Crippen molar-refractivity contribution in [1.29, 1.82) is 0 Å². The maximum atomic E-state index is 4.01. The van der Waals surface area contributed by atoms with Gasteiger partial charge in [0.15, 0.2) is 0 Å². The Morgan fingerprint density at radius 3 is 3.07 bits per heavy atom. The third-order valence-electron chi connectivity index (χ3n) is 1.55. The molecule has 0 aliphatic heterocycles. The van der Waals surface area contributed by atoms with Gasteiger partial charge in [-0.3, -0.25) is 4.98 Å². The molecule has 0 aromatic carbocycles. The van der Waals surface area contributed by atoms with Crippen LogP contribution in [0.4, 0.5) is 0 Å². The van der Waals surface area contributed by atoms with Crippen molar-refractivity contribution in [1.82, 2.24) is 10.4 Å². The smallest absolute Gasteiger partial charge is 0.133 e. The number of allylic oxidation sites excluding steroid dienone is 2. The van der Waals surface area contributed by atoms with Crippen LogP contribution in [-0.4, -0.2) is 17.7 Å². The molecule has 3 heteroatoms. The van der Waals surface area contributed by atoms with Gasteiger partial charge in [0.1, 0.15) is 5.71 Å². The molecule has 0 fully saturated rings. The molecule has 1 aromatic heterocycles. The predicted molar refractivity (Wildman–Crippen MR) is 62.4 cm³/mol. The summed E-state index contributed by atoms with van der Waals surface area (Å²) in [7, 11) is 1.75. The second-order valence-corrected chi connectivity index (χ2v) is 2.71. The Morgan fingerprint density at radius 2 is 2.47 bits per heavy atom. The number of nitrogens with zero attached hydrogens (tertiary/aromatic N) is 2. The molecule has 1 aromatic rings. The van der Waals surface area contributed by atoms with E-state index in [1.165, 1.54) is 0 Å². The second kappa shape index (κ2) is 6.39. The van der Waals surface area contributed by atoms with E-state index in [0.29, 0.717) is 5.71 Å². The van der Waals surface area contributed by atoms with Gasteiger partial charge in [-0.05, 0) is 31.1 Å². The van der Waals surface area contributed by atoms with E-state index in [1.54, 1.807) is 19.4 Å². The zero-order chi connectivity index (χ0) is 10.9. The number of rotatable bonds is 2. The minimum atomic E-state index is 0.698. The van der Waals surface area contributed by atoms with E-state index in [2.05, 4.69) is 27.4 Å². The molecule has 0 spiro atoms. The molecule has 1 N–H and O–H groups in total. The van der Waals surface area contributed by atoms with Crippen LogP contribution in [0.5, 0.6) is 0 Å². The van der Waals surface area contributed by atoms with Crippen LogP contribution in [0.15, 0.2) is 41.8 Å². The Bertz CT molecular complexity index is 407. The van der Waals surface area contributed by atoms with E-state index in [0.717, 1.165) is 5.56 Å². The summed E-state index contributed by atoms with van der Waals surface area (Å²) in [5.41, 5.74) is 4.29. The lowest BCUT2D eigenvalue weighted by Gasteiger charge is -1.90. The minimum absolute atomic E-state index is 0.698. The molecule has 76 valence electrons. The summed E-state index contributed by atoms with van der Waals surface area (Å²) in [5, 5.41) is 4.01. The first-order chi connectivity index (χ1) is 7.36. The predicted octanol–water partition coefficient (Wildman–Crippen LogP) is 1.58. The summed E-state index contributed by atoms with van der Waals surface area (Å²) in [6, 6.07) is 3.77. The fourth-order valence-electron chi connectivity index (χ4n) is 0.958.